The molecule has 2 aromatic carbocycles. The second kappa shape index (κ2) is 11.1. The molecule has 1 saturated heterocycles. The lowest BCUT2D eigenvalue weighted by molar-refractivity contribution is 0.0940. The van der Waals surface area contributed by atoms with Gasteiger partial charge in [0.05, 0.1) is 6.61 Å². The van der Waals surface area contributed by atoms with Gasteiger partial charge in [-0.05, 0) is 64.5 Å². The maximum absolute atomic E-state index is 12.7. The van der Waals surface area contributed by atoms with Crippen molar-refractivity contribution < 1.29 is 14.6 Å². The topological polar surface area (TPSA) is 112 Å². The van der Waals surface area contributed by atoms with Crippen LogP contribution in [-0.4, -0.2) is 48.1 Å². The van der Waals surface area contributed by atoms with E-state index in [-0.39, 0.29) is 17.6 Å². The van der Waals surface area contributed by atoms with E-state index < -0.39 is 0 Å². The van der Waals surface area contributed by atoms with Gasteiger partial charge in [-0.3, -0.25) is 10.2 Å². The molecule has 0 unspecified atom stereocenters. The number of carbonyl (C=O) groups excluding carboxylic acids is 1. The van der Waals surface area contributed by atoms with Crippen molar-refractivity contribution in [3.05, 3.63) is 56.0 Å². The first kappa shape index (κ1) is 24.5. The van der Waals surface area contributed by atoms with Crippen LogP contribution in [-0.2, 0) is 6.42 Å². The minimum atomic E-state index is -0.285. The standard InChI is InChI=1S/C22H25BrCl2N4O3/c23-20-18(30)9-15(21(31)28-12-13-3-6-29(7-4-13)22(26)27)10-19(20)32-8-5-14-1-2-16(24)11-17(14)25/h1-2,9-11,13,30H,3-8,12H2,(H3,26,27)(H,28,31). The molecule has 10 heteroatoms. The van der Waals surface area contributed by atoms with E-state index in [1.165, 1.54) is 6.07 Å². The van der Waals surface area contributed by atoms with Gasteiger partial charge in [-0.25, -0.2) is 0 Å². The Kier molecular flexibility index (Phi) is 8.51. The summed E-state index contributed by atoms with van der Waals surface area (Å²) in [6.07, 6.45) is 2.25. The zero-order chi connectivity index (χ0) is 23.3. The number of nitrogens with two attached hydrogens (primary N) is 1. The fourth-order valence-electron chi connectivity index (χ4n) is 3.53. The predicted molar refractivity (Wildman–Crippen MR) is 130 cm³/mol. The Hall–Kier alpha value is -2.16. The minimum Gasteiger partial charge on any atom is -0.507 e. The largest absolute Gasteiger partial charge is 0.507 e. The molecule has 0 saturated carbocycles. The Morgan fingerprint density at radius 1 is 1.28 bits per heavy atom. The van der Waals surface area contributed by atoms with Crippen molar-refractivity contribution in [3.8, 4) is 11.5 Å². The Bertz CT molecular complexity index is 997. The van der Waals surface area contributed by atoms with Gasteiger partial charge in [-0.15, -0.1) is 0 Å². The Balaban J connectivity index is 1.56. The van der Waals surface area contributed by atoms with Crippen LogP contribution in [0.5, 0.6) is 11.5 Å². The summed E-state index contributed by atoms with van der Waals surface area (Å²) in [5, 5.41) is 21.8. The van der Waals surface area contributed by atoms with Crippen molar-refractivity contribution in [2.75, 3.05) is 26.2 Å². The molecule has 0 spiro atoms. The van der Waals surface area contributed by atoms with Gasteiger partial charge in [0.1, 0.15) is 16.0 Å². The summed E-state index contributed by atoms with van der Waals surface area (Å²) in [5.74, 6) is 0.413. The lowest BCUT2D eigenvalue weighted by atomic mass is 9.97. The summed E-state index contributed by atoms with van der Waals surface area (Å²) in [7, 11) is 0. The smallest absolute Gasteiger partial charge is 0.251 e. The number of phenolic OH excluding ortho intramolecular Hbond substituents is 1. The van der Waals surface area contributed by atoms with Crippen LogP contribution in [0.25, 0.3) is 0 Å². The highest BCUT2D eigenvalue weighted by atomic mass is 79.9. The van der Waals surface area contributed by atoms with Crippen LogP contribution in [0.4, 0.5) is 0 Å². The second-order valence-electron chi connectivity index (χ2n) is 7.67. The molecule has 32 heavy (non-hydrogen) atoms. The third kappa shape index (κ3) is 6.43. The number of hydrogen-bond acceptors (Lipinski definition) is 4. The maximum Gasteiger partial charge on any atom is 0.251 e. The number of nitrogens with zero attached hydrogens (tertiary/aromatic N) is 1. The van der Waals surface area contributed by atoms with Crippen LogP contribution in [0.1, 0.15) is 28.8 Å². The summed E-state index contributed by atoms with van der Waals surface area (Å²) >= 11 is 15.4. The molecule has 1 heterocycles. The molecule has 0 aromatic heterocycles. The van der Waals surface area contributed by atoms with E-state index in [1.807, 2.05) is 11.0 Å². The number of likely N-dealkylation sites (tertiary alicyclic amines) is 1. The lowest BCUT2D eigenvalue weighted by Crippen LogP contribution is -2.44. The molecule has 1 aliphatic rings. The molecule has 1 amide bonds. The van der Waals surface area contributed by atoms with Gasteiger partial charge in [-0.1, -0.05) is 29.3 Å². The molecule has 5 N–H and O–H groups in total. The first-order chi connectivity index (χ1) is 15.2. The van der Waals surface area contributed by atoms with Gasteiger partial charge < -0.3 is 25.8 Å². The average molecular weight is 544 g/mol. The van der Waals surface area contributed by atoms with Crippen LogP contribution in [0, 0.1) is 11.3 Å². The zero-order valence-electron chi connectivity index (χ0n) is 17.3. The predicted octanol–water partition coefficient (Wildman–Crippen LogP) is 4.42. The summed E-state index contributed by atoms with van der Waals surface area (Å²) < 4.78 is 6.19. The molecule has 0 radical (unpaired) electrons. The Morgan fingerprint density at radius 2 is 2.00 bits per heavy atom. The summed E-state index contributed by atoms with van der Waals surface area (Å²) in [6.45, 7) is 2.25. The molecule has 172 valence electrons. The quantitative estimate of drug-likeness (QED) is 0.305. The number of amides is 1. The summed E-state index contributed by atoms with van der Waals surface area (Å²) in [5.41, 5.74) is 6.72. The van der Waals surface area contributed by atoms with Gasteiger partial charge in [-0.2, -0.15) is 0 Å². The fraction of sp³-hybridized carbons (Fsp3) is 0.364. The highest BCUT2D eigenvalue weighted by molar-refractivity contribution is 9.10. The molecule has 3 rings (SSSR count). The van der Waals surface area contributed by atoms with E-state index in [2.05, 4.69) is 21.2 Å². The number of piperidine rings is 1. The van der Waals surface area contributed by atoms with E-state index in [0.29, 0.717) is 64.4 Å². The van der Waals surface area contributed by atoms with E-state index in [4.69, 9.17) is 39.1 Å². The second-order valence-corrected chi connectivity index (χ2v) is 9.30. The van der Waals surface area contributed by atoms with Crippen LogP contribution in [0.15, 0.2) is 34.8 Å². The van der Waals surface area contributed by atoms with E-state index in [9.17, 15) is 9.90 Å². The molecule has 1 fully saturated rings. The monoisotopic (exact) mass is 542 g/mol. The maximum atomic E-state index is 12.7. The number of nitrogens with one attached hydrogen (secondary N) is 2. The molecular formula is C22H25BrCl2N4O3. The minimum absolute atomic E-state index is 0.0769. The number of halogens is 3. The number of hydrogen-bond donors (Lipinski definition) is 4. The van der Waals surface area contributed by atoms with Crippen LogP contribution < -0.4 is 15.8 Å². The van der Waals surface area contributed by atoms with Crippen LogP contribution >= 0.6 is 39.1 Å². The fourth-order valence-corrected chi connectivity index (χ4v) is 4.38. The lowest BCUT2D eigenvalue weighted by Gasteiger charge is -2.32. The summed E-state index contributed by atoms with van der Waals surface area (Å²) in [4.78, 5) is 14.5. The summed E-state index contributed by atoms with van der Waals surface area (Å²) in [6, 6.07) is 8.28. The number of phenols is 1. The molecule has 2 aromatic rings. The van der Waals surface area contributed by atoms with Gasteiger partial charge in [0, 0.05) is 41.7 Å². The van der Waals surface area contributed by atoms with Gasteiger partial charge in [0.2, 0.25) is 0 Å². The van der Waals surface area contributed by atoms with Crippen molar-refractivity contribution in [2.24, 2.45) is 11.7 Å². The number of rotatable bonds is 7. The average Bonchev–Trinajstić information content (AvgIpc) is 2.76. The highest BCUT2D eigenvalue weighted by Gasteiger charge is 2.21. The number of aromatic hydroxyl groups is 1. The van der Waals surface area contributed by atoms with E-state index in [0.717, 1.165) is 18.4 Å². The Labute approximate surface area is 205 Å². The van der Waals surface area contributed by atoms with Crippen LogP contribution in [0.3, 0.4) is 0 Å². The van der Waals surface area contributed by atoms with Crippen molar-refractivity contribution in [1.82, 2.24) is 10.2 Å². The number of guanidine groups is 1. The van der Waals surface area contributed by atoms with E-state index >= 15 is 0 Å². The third-order valence-electron chi connectivity index (χ3n) is 5.43. The van der Waals surface area contributed by atoms with Gasteiger partial charge >= 0.3 is 0 Å². The van der Waals surface area contributed by atoms with Crippen molar-refractivity contribution in [1.29, 1.82) is 5.41 Å². The number of ether oxygens (including phenoxy) is 1. The molecule has 7 nitrogen and oxygen atoms in total. The highest BCUT2D eigenvalue weighted by Crippen LogP contribution is 2.35. The van der Waals surface area contributed by atoms with Gasteiger partial charge in [0.15, 0.2) is 5.96 Å². The van der Waals surface area contributed by atoms with Crippen molar-refractivity contribution in [3.63, 3.8) is 0 Å². The SMILES string of the molecule is N=C(N)N1CCC(CNC(=O)c2cc(O)c(Br)c(OCCc3ccc(Cl)cc3Cl)c2)CC1. The molecule has 0 atom stereocenters. The molecular weight excluding hydrogens is 519 g/mol. The first-order valence-electron chi connectivity index (χ1n) is 10.2. The first-order valence-corrected chi connectivity index (χ1v) is 11.8. The molecule has 0 bridgehead atoms. The Morgan fingerprint density at radius 3 is 2.66 bits per heavy atom. The van der Waals surface area contributed by atoms with E-state index in [1.54, 1.807) is 18.2 Å². The third-order valence-corrected chi connectivity index (χ3v) is 6.82. The zero-order valence-corrected chi connectivity index (χ0v) is 20.4. The van der Waals surface area contributed by atoms with Gasteiger partial charge in [0.25, 0.3) is 5.91 Å². The van der Waals surface area contributed by atoms with Crippen molar-refractivity contribution in [2.45, 2.75) is 19.3 Å². The van der Waals surface area contributed by atoms with Crippen molar-refractivity contribution >= 4 is 51.0 Å². The number of carbonyl (C=O) groups is 1. The molecule has 1 aliphatic heterocycles. The normalized spacial score (nSPS) is 14.3. The van der Waals surface area contributed by atoms with Crippen LogP contribution in [0.2, 0.25) is 10.0 Å². The number of benzene rings is 2. The molecule has 0 aliphatic carbocycles.